The predicted octanol–water partition coefficient (Wildman–Crippen LogP) is 2.18. The number of nitrogens with one attached hydrogen (secondary N) is 2. The smallest absolute Gasteiger partial charge is 0.341 e. The van der Waals surface area contributed by atoms with Gasteiger partial charge in [0, 0.05) is 29.2 Å². The first-order chi connectivity index (χ1) is 12.8. The second-order valence-corrected chi connectivity index (χ2v) is 5.94. The van der Waals surface area contributed by atoms with Crippen LogP contribution in [0.25, 0.3) is 10.9 Å². The summed E-state index contributed by atoms with van der Waals surface area (Å²) < 4.78 is 6.80. The number of rotatable bonds is 6. The number of carbonyl (C=O) groups is 2. The van der Waals surface area contributed by atoms with E-state index >= 15 is 0 Å². The third-order valence-electron chi connectivity index (χ3n) is 4.06. The number of carbonyl (C=O) groups excluding carboxylic acids is 1. The molecular formula is C19H18N4O4. The quantitative estimate of drug-likeness (QED) is 0.392. The number of aryl methyl sites for hydroxylation is 1. The summed E-state index contributed by atoms with van der Waals surface area (Å²) in [6.07, 6.45) is 0. The number of nitrogens with two attached hydrogens (primary N) is 1. The SMILES string of the molecule is Cn1c(C(=O)Nc2ccc(OCC(=O)O)cc2)cc2ccc(C(=N)N)cc21. The zero-order chi connectivity index (χ0) is 19.6. The van der Waals surface area contributed by atoms with Crippen molar-refractivity contribution in [1.29, 1.82) is 5.41 Å². The van der Waals surface area contributed by atoms with E-state index in [1.165, 1.54) is 0 Å². The minimum atomic E-state index is -1.06. The average Bonchev–Trinajstić information content (AvgIpc) is 2.97. The minimum Gasteiger partial charge on any atom is -0.482 e. The Morgan fingerprint density at radius 2 is 1.89 bits per heavy atom. The van der Waals surface area contributed by atoms with Gasteiger partial charge in [-0.15, -0.1) is 0 Å². The number of nitrogen functional groups attached to an aromatic ring is 1. The highest BCUT2D eigenvalue weighted by molar-refractivity contribution is 6.07. The van der Waals surface area contributed by atoms with Crippen molar-refractivity contribution in [3.63, 3.8) is 0 Å². The number of anilines is 1. The van der Waals surface area contributed by atoms with Crippen LogP contribution in [-0.2, 0) is 11.8 Å². The average molecular weight is 366 g/mol. The van der Waals surface area contributed by atoms with Gasteiger partial charge < -0.3 is 25.5 Å². The number of aromatic nitrogens is 1. The number of ether oxygens (including phenoxy) is 1. The number of hydrogen-bond acceptors (Lipinski definition) is 4. The number of aliphatic carboxylic acids is 1. The summed E-state index contributed by atoms with van der Waals surface area (Å²) in [7, 11) is 1.77. The van der Waals surface area contributed by atoms with Crippen molar-refractivity contribution in [2.45, 2.75) is 0 Å². The van der Waals surface area contributed by atoms with E-state index in [0.29, 0.717) is 22.7 Å². The van der Waals surface area contributed by atoms with Crippen LogP contribution in [0.1, 0.15) is 16.1 Å². The molecule has 0 saturated carbocycles. The fourth-order valence-corrected chi connectivity index (χ4v) is 2.69. The minimum absolute atomic E-state index is 0.0330. The summed E-state index contributed by atoms with van der Waals surface area (Å²) in [5.74, 6) is -0.987. The first kappa shape index (κ1) is 18.0. The molecule has 2 aromatic carbocycles. The first-order valence-electron chi connectivity index (χ1n) is 8.05. The molecule has 0 fully saturated rings. The number of benzene rings is 2. The molecular weight excluding hydrogens is 348 g/mol. The molecule has 0 atom stereocenters. The molecule has 27 heavy (non-hydrogen) atoms. The van der Waals surface area contributed by atoms with E-state index in [2.05, 4.69) is 5.32 Å². The third-order valence-corrected chi connectivity index (χ3v) is 4.06. The monoisotopic (exact) mass is 366 g/mol. The molecule has 8 nitrogen and oxygen atoms in total. The van der Waals surface area contributed by atoms with Crippen molar-refractivity contribution < 1.29 is 19.4 Å². The summed E-state index contributed by atoms with van der Waals surface area (Å²) in [6, 6.07) is 13.5. The lowest BCUT2D eigenvalue weighted by molar-refractivity contribution is -0.139. The lowest BCUT2D eigenvalue weighted by atomic mass is 10.1. The molecule has 3 rings (SSSR count). The van der Waals surface area contributed by atoms with Crippen LogP contribution in [0.5, 0.6) is 5.75 Å². The van der Waals surface area contributed by atoms with Crippen LogP contribution in [0.2, 0.25) is 0 Å². The summed E-state index contributed by atoms with van der Waals surface area (Å²) in [4.78, 5) is 23.1. The van der Waals surface area contributed by atoms with Crippen LogP contribution in [-0.4, -0.2) is 34.0 Å². The van der Waals surface area contributed by atoms with E-state index in [9.17, 15) is 9.59 Å². The Hall–Kier alpha value is -3.81. The van der Waals surface area contributed by atoms with Crippen molar-refractivity contribution >= 4 is 34.3 Å². The Labute approximate surface area is 154 Å². The fraction of sp³-hybridized carbons (Fsp3) is 0.105. The highest BCUT2D eigenvalue weighted by Crippen LogP contribution is 2.22. The lowest BCUT2D eigenvalue weighted by Gasteiger charge is -2.08. The number of carboxylic acids is 1. The van der Waals surface area contributed by atoms with Gasteiger partial charge in [-0.05, 0) is 36.4 Å². The van der Waals surface area contributed by atoms with Crippen LogP contribution in [0.4, 0.5) is 5.69 Å². The van der Waals surface area contributed by atoms with Crippen molar-refractivity contribution in [1.82, 2.24) is 4.57 Å². The van der Waals surface area contributed by atoms with Gasteiger partial charge in [0.25, 0.3) is 5.91 Å². The van der Waals surface area contributed by atoms with Gasteiger partial charge in [0.05, 0.1) is 0 Å². The van der Waals surface area contributed by atoms with E-state index in [0.717, 1.165) is 10.9 Å². The topological polar surface area (TPSA) is 130 Å². The highest BCUT2D eigenvalue weighted by atomic mass is 16.5. The van der Waals surface area contributed by atoms with E-state index in [4.69, 9.17) is 21.0 Å². The molecule has 0 radical (unpaired) electrons. The second kappa shape index (κ2) is 7.20. The highest BCUT2D eigenvalue weighted by Gasteiger charge is 2.14. The molecule has 0 spiro atoms. The Morgan fingerprint density at radius 1 is 1.19 bits per heavy atom. The van der Waals surface area contributed by atoms with Gasteiger partial charge in [-0.3, -0.25) is 10.2 Å². The number of nitrogens with zero attached hydrogens (tertiary/aromatic N) is 1. The summed E-state index contributed by atoms with van der Waals surface area (Å²) in [6.45, 7) is -0.427. The molecule has 8 heteroatoms. The molecule has 1 heterocycles. The van der Waals surface area contributed by atoms with Gasteiger partial charge in [-0.2, -0.15) is 0 Å². The zero-order valence-corrected chi connectivity index (χ0v) is 14.5. The van der Waals surface area contributed by atoms with Crippen LogP contribution in [0.3, 0.4) is 0 Å². The second-order valence-electron chi connectivity index (χ2n) is 5.94. The molecule has 138 valence electrons. The van der Waals surface area contributed by atoms with Gasteiger partial charge >= 0.3 is 5.97 Å². The molecule has 0 aliphatic rings. The van der Waals surface area contributed by atoms with Gasteiger partial charge in [0.1, 0.15) is 17.3 Å². The maximum Gasteiger partial charge on any atom is 0.341 e. The van der Waals surface area contributed by atoms with Gasteiger partial charge in [0.2, 0.25) is 0 Å². The van der Waals surface area contributed by atoms with Crippen LogP contribution < -0.4 is 15.8 Å². The molecule has 0 bridgehead atoms. The number of carboxylic acid groups (broad SMARTS) is 1. The van der Waals surface area contributed by atoms with E-state index in [1.54, 1.807) is 54.1 Å². The Balaban J connectivity index is 1.78. The van der Waals surface area contributed by atoms with E-state index in [1.807, 2.05) is 6.07 Å². The van der Waals surface area contributed by atoms with E-state index in [-0.39, 0.29) is 11.7 Å². The van der Waals surface area contributed by atoms with Crippen LogP contribution >= 0.6 is 0 Å². The van der Waals surface area contributed by atoms with Crippen molar-refractivity contribution in [2.24, 2.45) is 12.8 Å². The molecule has 1 amide bonds. The standard InChI is InChI=1S/C19H18N4O4/c1-23-15-9-12(18(20)21)3-2-11(15)8-16(23)19(26)22-13-4-6-14(7-5-13)27-10-17(24)25/h2-9H,10H2,1H3,(H3,20,21)(H,22,26)(H,24,25). The number of hydrogen-bond donors (Lipinski definition) is 4. The Kier molecular flexibility index (Phi) is 4.80. The van der Waals surface area contributed by atoms with Crippen molar-refractivity contribution in [3.05, 3.63) is 59.8 Å². The number of amidine groups is 1. The normalized spacial score (nSPS) is 10.6. The van der Waals surface area contributed by atoms with Crippen molar-refractivity contribution in [3.8, 4) is 5.75 Å². The van der Waals surface area contributed by atoms with Gasteiger partial charge in [0.15, 0.2) is 6.61 Å². The maximum atomic E-state index is 12.6. The fourth-order valence-electron chi connectivity index (χ4n) is 2.69. The molecule has 3 aromatic rings. The summed E-state index contributed by atoms with van der Waals surface area (Å²) in [5.41, 5.74) is 7.92. The summed E-state index contributed by atoms with van der Waals surface area (Å²) >= 11 is 0. The molecule has 0 aliphatic carbocycles. The first-order valence-corrected chi connectivity index (χ1v) is 8.05. The van der Waals surface area contributed by atoms with Gasteiger partial charge in [-0.1, -0.05) is 12.1 Å². The molecule has 0 unspecified atom stereocenters. The molecule has 0 saturated heterocycles. The lowest BCUT2D eigenvalue weighted by Crippen LogP contribution is -2.15. The van der Waals surface area contributed by atoms with Crippen molar-refractivity contribution in [2.75, 3.05) is 11.9 Å². The molecule has 0 aliphatic heterocycles. The van der Waals surface area contributed by atoms with Gasteiger partial charge in [-0.25, -0.2) is 4.79 Å². The molecule has 5 N–H and O–H groups in total. The zero-order valence-electron chi connectivity index (χ0n) is 14.5. The van der Waals surface area contributed by atoms with Crippen LogP contribution in [0.15, 0.2) is 48.5 Å². The third kappa shape index (κ3) is 3.90. The molecule has 1 aromatic heterocycles. The van der Waals surface area contributed by atoms with Crippen LogP contribution in [0, 0.1) is 5.41 Å². The Bertz CT molecular complexity index is 1040. The van der Waals surface area contributed by atoms with E-state index < -0.39 is 12.6 Å². The Morgan fingerprint density at radius 3 is 2.52 bits per heavy atom. The number of fused-ring (bicyclic) bond motifs is 1. The largest absolute Gasteiger partial charge is 0.482 e. The maximum absolute atomic E-state index is 12.6. The summed E-state index contributed by atoms with van der Waals surface area (Å²) in [5, 5.41) is 19.8. The number of amides is 1. The predicted molar refractivity (Wildman–Crippen MR) is 101 cm³/mol.